The summed E-state index contributed by atoms with van der Waals surface area (Å²) in [6.45, 7) is 6.80. The Morgan fingerprint density at radius 3 is 2.65 bits per heavy atom. The summed E-state index contributed by atoms with van der Waals surface area (Å²) in [4.78, 5) is 27.2. The summed E-state index contributed by atoms with van der Waals surface area (Å²) in [5.41, 5.74) is 0. The number of likely N-dealkylation sites (N-methyl/N-ethyl adjacent to an activating group) is 1. The van der Waals surface area contributed by atoms with E-state index in [1.165, 1.54) is 0 Å². The summed E-state index contributed by atoms with van der Waals surface area (Å²) < 4.78 is 10.8. The second kappa shape index (κ2) is 7.75. The number of cyclic esters (lactones) is 1. The van der Waals surface area contributed by atoms with E-state index in [4.69, 9.17) is 14.5 Å². The largest absolute Gasteiger partial charge is 0.443 e. The van der Waals surface area contributed by atoms with Crippen molar-refractivity contribution in [3.05, 3.63) is 18.1 Å². The minimum atomic E-state index is -0.210. The van der Waals surface area contributed by atoms with Crippen LogP contribution in [-0.4, -0.2) is 91.5 Å². The van der Waals surface area contributed by atoms with E-state index in [-0.39, 0.29) is 12.2 Å². The molecule has 1 amide bonds. The van der Waals surface area contributed by atoms with Crippen LogP contribution in [0.4, 0.5) is 10.6 Å². The number of hydrogen-bond donors (Lipinski definition) is 0. The predicted molar refractivity (Wildman–Crippen MR) is 96.4 cm³/mol. The molecule has 0 saturated carbocycles. The number of likely N-dealkylation sites (tertiary alicyclic amines) is 1. The van der Waals surface area contributed by atoms with Crippen LogP contribution in [0.3, 0.4) is 0 Å². The molecule has 142 valence electrons. The molecule has 3 aliphatic heterocycles. The number of aromatic nitrogens is 2. The Kier molecular flexibility index (Phi) is 5.21. The van der Waals surface area contributed by atoms with Crippen molar-refractivity contribution in [1.29, 1.82) is 0 Å². The summed E-state index contributed by atoms with van der Waals surface area (Å²) in [5.74, 6) is 2.38. The molecule has 1 aromatic heterocycles. The van der Waals surface area contributed by atoms with Crippen molar-refractivity contribution >= 4 is 11.9 Å². The SMILES string of the molecule is CN1CC(CN2CCC(c3nccc(N4CCOCC4)n3)CC2)OC1=O. The van der Waals surface area contributed by atoms with Gasteiger partial charge in [0.15, 0.2) is 0 Å². The molecule has 0 N–H and O–H groups in total. The normalized spacial score (nSPS) is 25.6. The van der Waals surface area contributed by atoms with Gasteiger partial charge >= 0.3 is 6.09 Å². The Morgan fingerprint density at radius 1 is 1.19 bits per heavy atom. The van der Waals surface area contributed by atoms with Crippen molar-refractivity contribution in [3.8, 4) is 0 Å². The smallest absolute Gasteiger partial charge is 0.410 e. The van der Waals surface area contributed by atoms with E-state index in [0.717, 1.165) is 70.4 Å². The zero-order chi connectivity index (χ0) is 17.9. The van der Waals surface area contributed by atoms with Gasteiger partial charge in [-0.25, -0.2) is 14.8 Å². The molecule has 1 aromatic rings. The zero-order valence-corrected chi connectivity index (χ0v) is 15.3. The fourth-order valence-corrected chi connectivity index (χ4v) is 3.94. The lowest BCUT2D eigenvalue weighted by molar-refractivity contribution is 0.0960. The van der Waals surface area contributed by atoms with E-state index < -0.39 is 0 Å². The lowest BCUT2D eigenvalue weighted by Gasteiger charge is -2.33. The second-order valence-corrected chi connectivity index (χ2v) is 7.33. The maximum atomic E-state index is 11.5. The monoisotopic (exact) mass is 361 g/mol. The van der Waals surface area contributed by atoms with Gasteiger partial charge in [0.25, 0.3) is 0 Å². The molecular formula is C18H27N5O3. The van der Waals surface area contributed by atoms with Crippen molar-refractivity contribution in [1.82, 2.24) is 19.8 Å². The Bertz CT molecular complexity index is 629. The van der Waals surface area contributed by atoms with E-state index in [1.807, 2.05) is 12.3 Å². The van der Waals surface area contributed by atoms with E-state index in [9.17, 15) is 4.79 Å². The molecule has 8 nitrogen and oxygen atoms in total. The summed E-state index contributed by atoms with van der Waals surface area (Å²) in [7, 11) is 1.79. The number of carbonyl (C=O) groups excluding carboxylic acids is 1. The first-order valence-corrected chi connectivity index (χ1v) is 9.49. The number of ether oxygens (including phenoxy) is 2. The third-order valence-electron chi connectivity index (χ3n) is 5.47. The number of nitrogens with zero attached hydrogens (tertiary/aromatic N) is 5. The van der Waals surface area contributed by atoms with Crippen LogP contribution < -0.4 is 4.90 Å². The third kappa shape index (κ3) is 3.91. The molecule has 26 heavy (non-hydrogen) atoms. The first kappa shape index (κ1) is 17.5. The van der Waals surface area contributed by atoms with Gasteiger partial charge < -0.3 is 19.3 Å². The van der Waals surface area contributed by atoms with E-state index in [1.54, 1.807) is 11.9 Å². The maximum absolute atomic E-state index is 11.5. The van der Waals surface area contributed by atoms with E-state index in [2.05, 4.69) is 14.8 Å². The van der Waals surface area contributed by atoms with Gasteiger partial charge in [0, 0.05) is 38.8 Å². The fourth-order valence-electron chi connectivity index (χ4n) is 3.94. The van der Waals surface area contributed by atoms with Crippen molar-refractivity contribution in [3.63, 3.8) is 0 Å². The van der Waals surface area contributed by atoms with Gasteiger partial charge in [-0.1, -0.05) is 0 Å². The van der Waals surface area contributed by atoms with Crippen molar-refractivity contribution in [2.45, 2.75) is 24.9 Å². The molecule has 0 spiro atoms. The molecule has 1 unspecified atom stereocenters. The van der Waals surface area contributed by atoms with Crippen LogP contribution in [0.2, 0.25) is 0 Å². The van der Waals surface area contributed by atoms with Crippen molar-refractivity contribution in [2.75, 3.05) is 64.4 Å². The molecule has 3 aliphatic rings. The van der Waals surface area contributed by atoms with E-state index >= 15 is 0 Å². The lowest BCUT2D eigenvalue weighted by atomic mass is 9.95. The Hall–Kier alpha value is -1.93. The van der Waals surface area contributed by atoms with Gasteiger partial charge in [-0.05, 0) is 32.0 Å². The first-order valence-electron chi connectivity index (χ1n) is 9.49. The first-order chi connectivity index (χ1) is 12.7. The highest BCUT2D eigenvalue weighted by Gasteiger charge is 2.31. The molecule has 3 saturated heterocycles. The average molecular weight is 361 g/mol. The minimum absolute atomic E-state index is 0.00931. The molecule has 4 rings (SSSR count). The predicted octanol–water partition coefficient (Wildman–Crippen LogP) is 0.943. The Morgan fingerprint density at radius 2 is 1.96 bits per heavy atom. The van der Waals surface area contributed by atoms with Crippen molar-refractivity contribution in [2.24, 2.45) is 0 Å². The van der Waals surface area contributed by atoms with Crippen LogP contribution in [0, 0.1) is 0 Å². The van der Waals surface area contributed by atoms with Crippen LogP contribution in [-0.2, 0) is 9.47 Å². The molecule has 0 aromatic carbocycles. The number of carbonyl (C=O) groups is 1. The fraction of sp³-hybridized carbons (Fsp3) is 0.722. The maximum Gasteiger partial charge on any atom is 0.410 e. The van der Waals surface area contributed by atoms with Crippen LogP contribution in [0.15, 0.2) is 12.3 Å². The number of anilines is 1. The summed E-state index contributed by atoms with van der Waals surface area (Å²) in [5, 5.41) is 0. The zero-order valence-electron chi connectivity index (χ0n) is 15.3. The quantitative estimate of drug-likeness (QED) is 0.790. The Labute approximate surface area is 154 Å². The molecular weight excluding hydrogens is 334 g/mol. The minimum Gasteiger partial charge on any atom is -0.443 e. The lowest BCUT2D eigenvalue weighted by Crippen LogP contribution is -2.40. The average Bonchev–Trinajstić information content (AvgIpc) is 3.00. The standard InChI is InChI=1S/C18H27N5O3/c1-21-12-15(26-18(21)24)13-22-6-3-14(4-7-22)17-19-5-2-16(20-17)23-8-10-25-11-9-23/h2,5,14-15H,3-4,6-13H2,1H3. The topological polar surface area (TPSA) is 71.0 Å². The van der Waals surface area contributed by atoms with Gasteiger partial charge in [0.05, 0.1) is 19.8 Å². The van der Waals surface area contributed by atoms with Crippen LogP contribution >= 0.6 is 0 Å². The highest BCUT2D eigenvalue weighted by Crippen LogP contribution is 2.27. The van der Waals surface area contributed by atoms with Crippen molar-refractivity contribution < 1.29 is 14.3 Å². The van der Waals surface area contributed by atoms with Gasteiger partial charge in [-0.2, -0.15) is 0 Å². The highest BCUT2D eigenvalue weighted by molar-refractivity contribution is 5.69. The van der Waals surface area contributed by atoms with Crippen LogP contribution in [0.1, 0.15) is 24.6 Å². The number of rotatable bonds is 4. The van der Waals surface area contributed by atoms with Gasteiger partial charge in [0.2, 0.25) is 0 Å². The summed E-state index contributed by atoms with van der Waals surface area (Å²) in [6.07, 6.45) is 3.75. The molecule has 0 bridgehead atoms. The third-order valence-corrected chi connectivity index (χ3v) is 5.47. The Balaban J connectivity index is 1.31. The molecule has 0 radical (unpaired) electrons. The molecule has 4 heterocycles. The van der Waals surface area contributed by atoms with Gasteiger partial charge in [0.1, 0.15) is 17.7 Å². The summed E-state index contributed by atoms with van der Waals surface area (Å²) >= 11 is 0. The molecule has 3 fully saturated rings. The second-order valence-electron chi connectivity index (χ2n) is 7.33. The number of hydrogen-bond acceptors (Lipinski definition) is 7. The van der Waals surface area contributed by atoms with Crippen LogP contribution in [0.5, 0.6) is 0 Å². The van der Waals surface area contributed by atoms with Gasteiger partial charge in [-0.15, -0.1) is 0 Å². The van der Waals surface area contributed by atoms with E-state index in [0.29, 0.717) is 12.5 Å². The van der Waals surface area contributed by atoms with Crippen LogP contribution in [0.25, 0.3) is 0 Å². The van der Waals surface area contributed by atoms with Gasteiger partial charge in [-0.3, -0.25) is 4.90 Å². The molecule has 1 atom stereocenters. The molecule has 8 heteroatoms. The summed E-state index contributed by atoms with van der Waals surface area (Å²) in [6, 6.07) is 1.99. The highest BCUT2D eigenvalue weighted by atomic mass is 16.6. The number of amides is 1. The molecule has 0 aliphatic carbocycles. The number of morpholine rings is 1. The number of piperidine rings is 1.